The minimum atomic E-state index is -0.531. The smallest absolute Gasteiger partial charge is 0.277 e. The average molecular weight is 408 g/mol. The van der Waals surface area contributed by atoms with E-state index in [1.165, 1.54) is 29.2 Å². The van der Waals surface area contributed by atoms with Gasteiger partial charge in [0.15, 0.2) is 6.10 Å². The average Bonchev–Trinajstić information content (AvgIpc) is 3.34. The number of carbonyl (C=O) groups excluding carboxylic acids is 2. The number of halogens is 1. The molecule has 1 aromatic carbocycles. The summed E-state index contributed by atoms with van der Waals surface area (Å²) in [6, 6.07) is 5.87. The normalized spacial score (nSPS) is 14.4. The van der Waals surface area contributed by atoms with E-state index in [9.17, 15) is 14.0 Å². The summed E-state index contributed by atoms with van der Waals surface area (Å²) in [5, 5.41) is 10.9. The largest absolute Gasteiger partial charge is 0.481 e. The van der Waals surface area contributed by atoms with E-state index in [-0.39, 0.29) is 47.1 Å². The van der Waals surface area contributed by atoms with Crippen LogP contribution < -0.4 is 10.1 Å². The highest BCUT2D eigenvalue weighted by Gasteiger charge is 2.24. The third-order valence-electron chi connectivity index (χ3n) is 3.96. The standard InChI is InChI=1S/C18H21FN4O4S/c1-11(26-14-7-3-12(19)4-8-14)17-21-22-18(27-17)28-10-16(25)23(2)9-15(24)20-13-5-6-13/h3-4,7-8,11,13H,5-6,9-10H2,1-2H3,(H,20,24)/t11-/m0/s1. The van der Waals surface area contributed by atoms with Gasteiger partial charge in [0.1, 0.15) is 11.6 Å². The van der Waals surface area contributed by atoms with Gasteiger partial charge < -0.3 is 19.4 Å². The van der Waals surface area contributed by atoms with E-state index in [1.807, 2.05) is 0 Å². The number of hydrogen-bond donors (Lipinski definition) is 1. The molecule has 1 aliphatic carbocycles. The number of amides is 2. The Morgan fingerprint density at radius 2 is 2.07 bits per heavy atom. The molecule has 3 rings (SSSR count). The molecule has 1 fully saturated rings. The van der Waals surface area contributed by atoms with Crippen molar-refractivity contribution >= 4 is 23.6 Å². The zero-order chi connectivity index (χ0) is 20.1. The lowest BCUT2D eigenvalue weighted by Gasteiger charge is -2.15. The molecule has 0 spiro atoms. The van der Waals surface area contributed by atoms with Gasteiger partial charge >= 0.3 is 0 Å². The van der Waals surface area contributed by atoms with Gasteiger partial charge in [0.25, 0.3) is 11.1 Å². The number of nitrogens with one attached hydrogen (secondary N) is 1. The second-order valence-corrected chi connectivity index (χ2v) is 7.43. The van der Waals surface area contributed by atoms with E-state index in [2.05, 4.69) is 15.5 Å². The van der Waals surface area contributed by atoms with E-state index in [4.69, 9.17) is 9.15 Å². The first-order valence-corrected chi connectivity index (χ1v) is 9.81. The summed E-state index contributed by atoms with van der Waals surface area (Å²) in [6.45, 7) is 1.75. The lowest BCUT2D eigenvalue weighted by molar-refractivity contribution is -0.132. The molecule has 2 aromatic rings. The Morgan fingerprint density at radius 3 is 2.75 bits per heavy atom. The highest BCUT2D eigenvalue weighted by Crippen LogP contribution is 2.24. The van der Waals surface area contributed by atoms with Gasteiger partial charge in [-0.25, -0.2) is 4.39 Å². The molecule has 0 bridgehead atoms. The van der Waals surface area contributed by atoms with Gasteiger partial charge in [-0.1, -0.05) is 11.8 Å². The number of aromatic nitrogens is 2. The molecule has 10 heteroatoms. The Labute approximate surface area is 165 Å². The maximum Gasteiger partial charge on any atom is 0.277 e. The van der Waals surface area contributed by atoms with Crippen LogP contribution in [0.15, 0.2) is 33.9 Å². The lowest BCUT2D eigenvalue weighted by atomic mass is 10.3. The molecule has 1 aliphatic rings. The second kappa shape index (κ2) is 9.05. The lowest BCUT2D eigenvalue weighted by Crippen LogP contribution is -2.39. The number of ether oxygens (including phenoxy) is 1. The van der Waals surface area contributed by atoms with Crippen LogP contribution in [0, 0.1) is 5.82 Å². The molecular formula is C18H21FN4O4S. The summed E-state index contributed by atoms with van der Waals surface area (Å²) < 4.78 is 24.1. The number of rotatable bonds is 9. The van der Waals surface area contributed by atoms with E-state index < -0.39 is 6.10 Å². The van der Waals surface area contributed by atoms with Crippen LogP contribution in [0.25, 0.3) is 0 Å². The van der Waals surface area contributed by atoms with Crippen molar-refractivity contribution in [3.8, 4) is 5.75 Å². The molecule has 1 atom stereocenters. The maximum atomic E-state index is 12.9. The van der Waals surface area contributed by atoms with Gasteiger partial charge in [0.05, 0.1) is 12.3 Å². The van der Waals surface area contributed by atoms with Gasteiger partial charge in [-0.3, -0.25) is 9.59 Å². The molecule has 0 aliphatic heterocycles. The van der Waals surface area contributed by atoms with Crippen molar-refractivity contribution in [3.05, 3.63) is 36.0 Å². The third kappa shape index (κ3) is 5.95. The topological polar surface area (TPSA) is 97.6 Å². The predicted octanol–water partition coefficient (Wildman–Crippen LogP) is 2.18. The molecule has 28 heavy (non-hydrogen) atoms. The SMILES string of the molecule is C[C@H](Oc1ccc(F)cc1)c1nnc(SCC(=O)N(C)CC(=O)NC2CC2)o1. The third-order valence-corrected chi connectivity index (χ3v) is 4.77. The van der Waals surface area contributed by atoms with Crippen LogP contribution >= 0.6 is 11.8 Å². The minimum Gasteiger partial charge on any atom is -0.481 e. The van der Waals surface area contributed by atoms with Crippen molar-refractivity contribution in [2.24, 2.45) is 0 Å². The summed E-state index contributed by atoms with van der Waals surface area (Å²) in [7, 11) is 1.58. The Hall–Kier alpha value is -2.62. The first-order chi connectivity index (χ1) is 13.4. The summed E-state index contributed by atoms with van der Waals surface area (Å²) in [4.78, 5) is 25.2. The fourth-order valence-corrected chi connectivity index (χ4v) is 2.96. The van der Waals surface area contributed by atoms with Crippen LogP contribution in [0.2, 0.25) is 0 Å². The van der Waals surface area contributed by atoms with E-state index >= 15 is 0 Å². The van der Waals surface area contributed by atoms with Gasteiger partial charge in [0, 0.05) is 13.1 Å². The Morgan fingerprint density at radius 1 is 1.36 bits per heavy atom. The Bertz CT molecular complexity index is 825. The zero-order valence-corrected chi connectivity index (χ0v) is 16.4. The Balaban J connectivity index is 1.44. The van der Waals surface area contributed by atoms with Crippen LogP contribution in [0.3, 0.4) is 0 Å². The molecule has 1 aromatic heterocycles. The fraction of sp³-hybridized carbons (Fsp3) is 0.444. The number of carbonyl (C=O) groups is 2. The molecular weight excluding hydrogens is 387 g/mol. The highest BCUT2D eigenvalue weighted by molar-refractivity contribution is 7.99. The molecule has 0 saturated heterocycles. The quantitative estimate of drug-likeness (QED) is 0.635. The fourth-order valence-electron chi connectivity index (χ4n) is 2.25. The molecule has 1 saturated carbocycles. The molecule has 2 amide bonds. The maximum absolute atomic E-state index is 12.9. The Kier molecular flexibility index (Phi) is 6.50. The summed E-state index contributed by atoms with van der Waals surface area (Å²) in [5.41, 5.74) is 0. The number of likely N-dealkylation sites (N-methyl/N-ethyl adjacent to an activating group) is 1. The summed E-state index contributed by atoms with van der Waals surface area (Å²) in [6.07, 6.45) is 1.47. The van der Waals surface area contributed by atoms with Gasteiger partial charge in [-0.2, -0.15) is 0 Å². The van der Waals surface area contributed by atoms with Crippen molar-refractivity contribution in [1.29, 1.82) is 0 Å². The van der Waals surface area contributed by atoms with E-state index in [1.54, 1.807) is 14.0 Å². The van der Waals surface area contributed by atoms with Crippen LogP contribution in [-0.4, -0.2) is 52.3 Å². The van der Waals surface area contributed by atoms with Crippen molar-refractivity contribution in [1.82, 2.24) is 20.4 Å². The van der Waals surface area contributed by atoms with E-state index in [0.29, 0.717) is 5.75 Å². The van der Waals surface area contributed by atoms with Gasteiger partial charge in [0.2, 0.25) is 11.8 Å². The van der Waals surface area contributed by atoms with Crippen LogP contribution in [-0.2, 0) is 9.59 Å². The second-order valence-electron chi connectivity index (χ2n) is 6.50. The number of thioether (sulfide) groups is 1. The molecule has 0 radical (unpaired) electrons. The summed E-state index contributed by atoms with van der Waals surface area (Å²) in [5.74, 6) is 0.0684. The van der Waals surface area contributed by atoms with Crippen molar-refractivity contribution in [2.45, 2.75) is 37.1 Å². The number of benzene rings is 1. The monoisotopic (exact) mass is 408 g/mol. The van der Waals surface area contributed by atoms with Gasteiger partial charge in [-0.15, -0.1) is 10.2 Å². The van der Waals surface area contributed by atoms with Crippen molar-refractivity contribution in [3.63, 3.8) is 0 Å². The highest BCUT2D eigenvalue weighted by atomic mass is 32.2. The molecule has 150 valence electrons. The number of nitrogens with zero attached hydrogens (tertiary/aromatic N) is 3. The first-order valence-electron chi connectivity index (χ1n) is 8.82. The van der Waals surface area contributed by atoms with Gasteiger partial charge in [-0.05, 0) is 44.0 Å². The predicted molar refractivity (Wildman–Crippen MR) is 99.3 cm³/mol. The minimum absolute atomic E-state index is 0.0213. The zero-order valence-electron chi connectivity index (χ0n) is 15.6. The van der Waals surface area contributed by atoms with Crippen molar-refractivity contribution < 1.29 is 23.1 Å². The molecule has 8 nitrogen and oxygen atoms in total. The molecule has 1 heterocycles. The van der Waals surface area contributed by atoms with Crippen LogP contribution in [0.4, 0.5) is 4.39 Å². The van der Waals surface area contributed by atoms with Crippen LogP contribution in [0.5, 0.6) is 5.75 Å². The number of hydrogen-bond acceptors (Lipinski definition) is 7. The first kappa shape index (κ1) is 20.1. The summed E-state index contributed by atoms with van der Waals surface area (Å²) >= 11 is 1.09. The van der Waals surface area contributed by atoms with Crippen LogP contribution in [0.1, 0.15) is 31.8 Å². The van der Waals surface area contributed by atoms with E-state index in [0.717, 1.165) is 24.6 Å². The molecule has 0 unspecified atom stereocenters. The molecule has 1 N–H and O–H groups in total. The van der Waals surface area contributed by atoms with Crippen molar-refractivity contribution in [2.75, 3.05) is 19.3 Å².